The van der Waals surface area contributed by atoms with E-state index in [9.17, 15) is 9.59 Å². The number of para-hydroxylation sites is 2. The first-order valence-electron chi connectivity index (χ1n) is 4.15. The van der Waals surface area contributed by atoms with Gasteiger partial charge in [0.1, 0.15) is 6.54 Å². The number of aliphatic carboxylic acids is 1. The molecule has 0 aliphatic carbocycles. The monoisotopic (exact) mass is 209 g/mol. The number of anilines is 2. The largest absolute Gasteiger partial charge is 0.480 e. The van der Waals surface area contributed by atoms with Crippen molar-refractivity contribution in [2.24, 2.45) is 5.73 Å². The smallest absolute Gasteiger partial charge is 0.323 e. The second kappa shape index (κ2) is 4.32. The molecular weight excluding hydrogens is 198 g/mol. The Kier molecular flexibility index (Phi) is 3.12. The summed E-state index contributed by atoms with van der Waals surface area (Å²) in [6.07, 6.45) is 0. The summed E-state index contributed by atoms with van der Waals surface area (Å²) < 4.78 is 0. The van der Waals surface area contributed by atoms with E-state index in [-0.39, 0.29) is 0 Å². The maximum atomic E-state index is 11.0. The van der Waals surface area contributed by atoms with Crippen LogP contribution in [0.4, 0.5) is 16.2 Å². The Labute approximate surface area is 86.1 Å². The van der Waals surface area contributed by atoms with Crippen LogP contribution in [0.2, 0.25) is 0 Å². The Morgan fingerprint density at radius 2 is 1.93 bits per heavy atom. The number of carbonyl (C=O) groups excluding carboxylic acids is 1. The van der Waals surface area contributed by atoms with Gasteiger partial charge in [-0.05, 0) is 12.1 Å². The van der Waals surface area contributed by atoms with Gasteiger partial charge in [0.15, 0.2) is 0 Å². The van der Waals surface area contributed by atoms with Gasteiger partial charge in [0.2, 0.25) is 0 Å². The lowest BCUT2D eigenvalue weighted by Crippen LogP contribution is -2.39. The molecule has 0 unspecified atom stereocenters. The Hall–Kier alpha value is -2.24. The van der Waals surface area contributed by atoms with Crippen LogP contribution in [-0.4, -0.2) is 23.7 Å². The number of nitrogen functional groups attached to an aromatic ring is 1. The summed E-state index contributed by atoms with van der Waals surface area (Å²) >= 11 is 0. The molecule has 5 N–H and O–H groups in total. The van der Waals surface area contributed by atoms with Crippen molar-refractivity contribution in [1.82, 2.24) is 0 Å². The second-order valence-electron chi connectivity index (χ2n) is 2.88. The molecule has 15 heavy (non-hydrogen) atoms. The van der Waals surface area contributed by atoms with Crippen LogP contribution in [0.3, 0.4) is 0 Å². The lowest BCUT2D eigenvalue weighted by Gasteiger charge is -2.19. The van der Waals surface area contributed by atoms with Crippen molar-refractivity contribution in [2.45, 2.75) is 0 Å². The van der Waals surface area contributed by atoms with Crippen LogP contribution in [0, 0.1) is 0 Å². The predicted octanol–water partition coefficient (Wildman–Crippen LogP) is 0.238. The van der Waals surface area contributed by atoms with Gasteiger partial charge in [0, 0.05) is 0 Å². The molecule has 0 saturated carbocycles. The third-order valence-corrected chi connectivity index (χ3v) is 1.79. The van der Waals surface area contributed by atoms with Gasteiger partial charge in [-0.2, -0.15) is 0 Å². The fourth-order valence-corrected chi connectivity index (χ4v) is 1.15. The van der Waals surface area contributed by atoms with Crippen molar-refractivity contribution in [3.05, 3.63) is 24.3 Å². The molecule has 0 fully saturated rings. The fraction of sp³-hybridized carbons (Fsp3) is 0.111. The highest BCUT2D eigenvalue weighted by Crippen LogP contribution is 2.21. The molecule has 0 aliphatic heterocycles. The highest BCUT2D eigenvalue weighted by atomic mass is 16.4. The zero-order chi connectivity index (χ0) is 11.4. The standard InChI is InChI=1S/C9H11N3O3/c10-6-3-1-2-4-7(6)12(9(11)15)5-8(13)14/h1-4H,5,10H2,(H2,11,15)(H,13,14). The van der Waals surface area contributed by atoms with Crippen LogP contribution < -0.4 is 16.4 Å². The SMILES string of the molecule is NC(=O)N(CC(=O)O)c1ccccc1N. The van der Waals surface area contributed by atoms with E-state index >= 15 is 0 Å². The number of hydrogen-bond acceptors (Lipinski definition) is 3. The molecule has 1 aromatic rings. The van der Waals surface area contributed by atoms with Gasteiger partial charge in [0.25, 0.3) is 0 Å². The van der Waals surface area contributed by atoms with Gasteiger partial charge in [0.05, 0.1) is 11.4 Å². The third-order valence-electron chi connectivity index (χ3n) is 1.79. The molecule has 0 spiro atoms. The number of benzene rings is 1. The summed E-state index contributed by atoms with van der Waals surface area (Å²) in [6.45, 7) is -0.510. The van der Waals surface area contributed by atoms with Crippen LogP contribution in [-0.2, 0) is 4.79 Å². The quantitative estimate of drug-likeness (QED) is 0.619. The number of carboxylic acid groups (broad SMARTS) is 1. The highest BCUT2D eigenvalue weighted by molar-refractivity contribution is 5.97. The summed E-state index contributed by atoms with van der Waals surface area (Å²) in [7, 11) is 0. The van der Waals surface area contributed by atoms with Crippen LogP contribution in [0.15, 0.2) is 24.3 Å². The molecule has 80 valence electrons. The van der Waals surface area contributed by atoms with Gasteiger partial charge in [-0.25, -0.2) is 4.79 Å². The Bertz CT molecular complexity index is 392. The average molecular weight is 209 g/mol. The first-order valence-corrected chi connectivity index (χ1v) is 4.15. The van der Waals surface area contributed by atoms with E-state index in [0.717, 1.165) is 4.90 Å². The molecule has 1 rings (SSSR count). The van der Waals surface area contributed by atoms with Gasteiger partial charge in [-0.1, -0.05) is 12.1 Å². The zero-order valence-corrected chi connectivity index (χ0v) is 7.88. The van der Waals surface area contributed by atoms with E-state index in [1.807, 2.05) is 0 Å². The molecule has 1 aromatic carbocycles. The summed E-state index contributed by atoms with van der Waals surface area (Å²) in [4.78, 5) is 22.4. The van der Waals surface area contributed by atoms with Gasteiger partial charge < -0.3 is 16.6 Å². The highest BCUT2D eigenvalue weighted by Gasteiger charge is 2.17. The normalized spacial score (nSPS) is 9.60. The van der Waals surface area contributed by atoms with Gasteiger partial charge in [-0.15, -0.1) is 0 Å². The molecule has 6 nitrogen and oxygen atoms in total. The lowest BCUT2D eigenvalue weighted by molar-refractivity contribution is -0.135. The molecule has 0 heterocycles. The number of rotatable bonds is 3. The first-order chi connectivity index (χ1) is 7.02. The van der Waals surface area contributed by atoms with Crippen molar-refractivity contribution in [3.8, 4) is 0 Å². The van der Waals surface area contributed by atoms with Crippen molar-refractivity contribution in [1.29, 1.82) is 0 Å². The average Bonchev–Trinajstić information content (AvgIpc) is 2.15. The van der Waals surface area contributed by atoms with Crippen LogP contribution in [0.5, 0.6) is 0 Å². The Morgan fingerprint density at radius 3 is 2.40 bits per heavy atom. The summed E-state index contributed by atoms with van der Waals surface area (Å²) in [5.41, 5.74) is 11.2. The van der Waals surface area contributed by atoms with E-state index < -0.39 is 18.5 Å². The molecule has 0 aliphatic rings. The van der Waals surface area contributed by atoms with Crippen molar-refractivity contribution < 1.29 is 14.7 Å². The number of carbonyl (C=O) groups is 2. The lowest BCUT2D eigenvalue weighted by atomic mass is 10.2. The number of carboxylic acids is 1. The van der Waals surface area contributed by atoms with Gasteiger partial charge >= 0.3 is 12.0 Å². The summed E-state index contributed by atoms with van der Waals surface area (Å²) in [5.74, 6) is -1.16. The minimum atomic E-state index is -1.16. The zero-order valence-electron chi connectivity index (χ0n) is 7.88. The number of nitrogens with two attached hydrogens (primary N) is 2. The van der Waals surface area contributed by atoms with E-state index in [1.165, 1.54) is 6.07 Å². The van der Waals surface area contributed by atoms with E-state index in [0.29, 0.717) is 11.4 Å². The molecule has 0 aromatic heterocycles. The maximum Gasteiger partial charge on any atom is 0.323 e. The Morgan fingerprint density at radius 1 is 1.33 bits per heavy atom. The van der Waals surface area contributed by atoms with Gasteiger partial charge in [-0.3, -0.25) is 9.69 Å². The maximum absolute atomic E-state index is 11.0. The number of amides is 2. The Balaban J connectivity index is 3.04. The molecule has 0 saturated heterocycles. The molecule has 2 amide bonds. The van der Waals surface area contributed by atoms with Crippen molar-refractivity contribution >= 4 is 23.4 Å². The minimum absolute atomic E-state index is 0.299. The molecule has 0 bridgehead atoms. The molecule has 0 radical (unpaired) electrons. The topological polar surface area (TPSA) is 110 Å². The predicted molar refractivity (Wildman–Crippen MR) is 55.4 cm³/mol. The van der Waals surface area contributed by atoms with E-state index in [4.69, 9.17) is 16.6 Å². The first kappa shape index (κ1) is 10.8. The number of primary amides is 1. The number of nitrogens with zero attached hydrogens (tertiary/aromatic N) is 1. The summed E-state index contributed by atoms with van der Waals surface area (Å²) in [5, 5.41) is 8.59. The molecular formula is C9H11N3O3. The van der Waals surface area contributed by atoms with Crippen LogP contribution in [0.1, 0.15) is 0 Å². The minimum Gasteiger partial charge on any atom is -0.480 e. The fourth-order valence-electron chi connectivity index (χ4n) is 1.15. The third kappa shape index (κ3) is 2.60. The molecule has 0 atom stereocenters. The second-order valence-corrected chi connectivity index (χ2v) is 2.88. The van der Waals surface area contributed by atoms with Crippen molar-refractivity contribution in [3.63, 3.8) is 0 Å². The summed E-state index contributed by atoms with van der Waals surface area (Å²) in [6, 6.07) is 5.56. The van der Waals surface area contributed by atoms with E-state index in [1.54, 1.807) is 18.2 Å². The number of hydrogen-bond donors (Lipinski definition) is 3. The van der Waals surface area contributed by atoms with Crippen LogP contribution >= 0.6 is 0 Å². The number of urea groups is 1. The van der Waals surface area contributed by atoms with Crippen molar-refractivity contribution in [2.75, 3.05) is 17.2 Å². The van der Waals surface area contributed by atoms with E-state index in [2.05, 4.69) is 0 Å². The molecule has 6 heteroatoms. The van der Waals surface area contributed by atoms with Crippen LogP contribution in [0.25, 0.3) is 0 Å².